The lowest BCUT2D eigenvalue weighted by molar-refractivity contribution is 0.417. The average Bonchev–Trinajstić information content (AvgIpc) is 2.68. The van der Waals surface area contributed by atoms with Gasteiger partial charge in [-0.3, -0.25) is 5.10 Å². The molecule has 0 radical (unpaired) electrons. The van der Waals surface area contributed by atoms with Crippen LogP contribution in [0.4, 0.5) is 5.13 Å². The van der Waals surface area contributed by atoms with Crippen LogP contribution in [-0.4, -0.2) is 22.8 Å². The minimum absolute atomic E-state index is 0.678. The van der Waals surface area contributed by atoms with E-state index >= 15 is 0 Å². The van der Waals surface area contributed by atoms with Gasteiger partial charge in [0.25, 0.3) is 0 Å². The van der Waals surface area contributed by atoms with E-state index in [-0.39, 0.29) is 0 Å². The first kappa shape index (κ1) is 11.1. The molecule has 0 atom stereocenters. The second-order valence-electron chi connectivity index (χ2n) is 3.97. The van der Waals surface area contributed by atoms with E-state index in [1.165, 1.54) is 32.1 Å². The van der Waals surface area contributed by atoms with Gasteiger partial charge in [-0.25, -0.2) is 0 Å². The fourth-order valence-corrected chi connectivity index (χ4v) is 3.30. The maximum Gasteiger partial charge on any atom is 0.207 e. The number of anilines is 1. The lowest BCUT2D eigenvalue weighted by atomic mass is 9.94. The Hall–Kier alpha value is -0.420. The maximum atomic E-state index is 5.08. The molecular formula is C10H17N3S2. The third-order valence-electron chi connectivity index (χ3n) is 3.03. The Morgan fingerprint density at radius 1 is 1.47 bits per heavy atom. The predicted octanol–water partition coefficient (Wildman–Crippen LogP) is 3.36. The lowest BCUT2D eigenvalue weighted by Crippen LogP contribution is -2.36. The normalized spacial score (nSPS) is 17.9. The SMILES string of the molecule is CCN(c1n[nH]c(=S)s1)C1CCCCC1. The van der Waals surface area contributed by atoms with Crippen molar-refractivity contribution in [3.63, 3.8) is 0 Å². The lowest BCUT2D eigenvalue weighted by Gasteiger charge is -2.32. The Bertz CT molecular complexity index is 352. The Morgan fingerprint density at radius 2 is 2.20 bits per heavy atom. The molecule has 1 fully saturated rings. The molecule has 0 aromatic carbocycles. The second kappa shape index (κ2) is 5.07. The number of aromatic nitrogens is 2. The van der Waals surface area contributed by atoms with Crippen LogP contribution in [0.3, 0.4) is 0 Å². The van der Waals surface area contributed by atoms with E-state index in [0.29, 0.717) is 6.04 Å². The van der Waals surface area contributed by atoms with E-state index in [9.17, 15) is 0 Å². The van der Waals surface area contributed by atoms with Crippen molar-refractivity contribution < 1.29 is 0 Å². The van der Waals surface area contributed by atoms with E-state index in [2.05, 4.69) is 22.0 Å². The Balaban J connectivity index is 2.12. The zero-order valence-electron chi connectivity index (χ0n) is 9.03. The highest BCUT2D eigenvalue weighted by Gasteiger charge is 2.21. The van der Waals surface area contributed by atoms with E-state index in [4.69, 9.17) is 12.2 Å². The molecular weight excluding hydrogens is 226 g/mol. The third-order valence-corrected chi connectivity index (χ3v) is 4.16. The van der Waals surface area contributed by atoms with Crippen LogP contribution in [0.5, 0.6) is 0 Å². The van der Waals surface area contributed by atoms with Gasteiger partial charge >= 0.3 is 0 Å². The Morgan fingerprint density at radius 3 is 2.73 bits per heavy atom. The molecule has 1 N–H and O–H groups in total. The quantitative estimate of drug-likeness (QED) is 0.826. The van der Waals surface area contributed by atoms with Gasteiger partial charge in [-0.15, -0.1) is 5.10 Å². The molecule has 0 amide bonds. The first-order valence-corrected chi connectivity index (χ1v) is 6.86. The van der Waals surface area contributed by atoms with E-state index in [1.54, 1.807) is 11.3 Å². The van der Waals surface area contributed by atoms with E-state index < -0.39 is 0 Å². The first-order chi connectivity index (χ1) is 7.31. The van der Waals surface area contributed by atoms with Crippen LogP contribution in [0.25, 0.3) is 0 Å². The number of hydrogen-bond acceptors (Lipinski definition) is 4. The van der Waals surface area contributed by atoms with Crippen LogP contribution in [0.1, 0.15) is 39.0 Å². The number of hydrogen-bond donors (Lipinski definition) is 1. The summed E-state index contributed by atoms with van der Waals surface area (Å²) >= 11 is 6.66. The van der Waals surface area contributed by atoms with Gasteiger partial charge in [-0.2, -0.15) is 0 Å². The van der Waals surface area contributed by atoms with Crippen molar-refractivity contribution >= 4 is 28.7 Å². The van der Waals surface area contributed by atoms with Crippen molar-refractivity contribution in [2.24, 2.45) is 0 Å². The van der Waals surface area contributed by atoms with Crippen LogP contribution >= 0.6 is 23.6 Å². The molecule has 0 unspecified atom stereocenters. The molecule has 1 saturated carbocycles. The highest BCUT2D eigenvalue weighted by Crippen LogP contribution is 2.28. The van der Waals surface area contributed by atoms with Crippen molar-refractivity contribution in [2.45, 2.75) is 45.1 Å². The first-order valence-electron chi connectivity index (χ1n) is 5.63. The third kappa shape index (κ3) is 2.58. The Labute approximate surface area is 99.5 Å². The summed E-state index contributed by atoms with van der Waals surface area (Å²) in [5.41, 5.74) is 0. The average molecular weight is 243 g/mol. The molecule has 0 bridgehead atoms. The van der Waals surface area contributed by atoms with Gasteiger partial charge in [0, 0.05) is 12.6 Å². The van der Waals surface area contributed by atoms with Crippen LogP contribution in [0.15, 0.2) is 0 Å². The molecule has 0 spiro atoms. The fourth-order valence-electron chi connectivity index (χ4n) is 2.29. The number of H-pyrrole nitrogens is 1. The summed E-state index contributed by atoms with van der Waals surface area (Å²) in [6.45, 7) is 3.22. The minimum atomic E-state index is 0.678. The highest BCUT2D eigenvalue weighted by atomic mass is 32.1. The Kier molecular flexibility index (Phi) is 3.75. The molecule has 5 heteroatoms. The molecule has 2 rings (SSSR count). The van der Waals surface area contributed by atoms with Crippen molar-refractivity contribution in [1.29, 1.82) is 0 Å². The largest absolute Gasteiger partial charge is 0.344 e. The summed E-state index contributed by atoms with van der Waals surface area (Å²) in [5.74, 6) is 0. The molecule has 0 saturated heterocycles. The van der Waals surface area contributed by atoms with Gasteiger partial charge in [0.05, 0.1) is 0 Å². The smallest absolute Gasteiger partial charge is 0.207 e. The fraction of sp³-hybridized carbons (Fsp3) is 0.800. The van der Waals surface area contributed by atoms with Crippen molar-refractivity contribution in [1.82, 2.24) is 10.2 Å². The predicted molar refractivity (Wildman–Crippen MR) is 67.2 cm³/mol. The summed E-state index contributed by atoms with van der Waals surface area (Å²) in [7, 11) is 0. The second-order valence-corrected chi connectivity index (χ2v) is 5.62. The van der Waals surface area contributed by atoms with Crippen LogP contribution in [0, 0.1) is 3.95 Å². The summed E-state index contributed by atoms with van der Waals surface area (Å²) in [4.78, 5) is 2.40. The highest BCUT2D eigenvalue weighted by molar-refractivity contribution is 7.73. The molecule has 1 aromatic rings. The monoisotopic (exact) mass is 243 g/mol. The summed E-state index contributed by atoms with van der Waals surface area (Å²) < 4.78 is 0.777. The van der Waals surface area contributed by atoms with Crippen molar-refractivity contribution in [2.75, 3.05) is 11.4 Å². The molecule has 1 heterocycles. The van der Waals surface area contributed by atoms with Gasteiger partial charge in [0.1, 0.15) is 0 Å². The summed E-state index contributed by atoms with van der Waals surface area (Å²) in [6, 6.07) is 0.678. The van der Waals surface area contributed by atoms with Crippen LogP contribution in [-0.2, 0) is 0 Å². The van der Waals surface area contributed by atoms with Gasteiger partial charge in [0.2, 0.25) is 5.13 Å². The zero-order valence-corrected chi connectivity index (χ0v) is 10.7. The standard InChI is InChI=1S/C10H17N3S2/c1-2-13(8-6-4-3-5-7-8)9-11-12-10(14)15-9/h8H,2-7H2,1H3,(H,12,14). The van der Waals surface area contributed by atoms with Gasteiger partial charge in [-0.1, -0.05) is 30.6 Å². The molecule has 1 aliphatic rings. The van der Waals surface area contributed by atoms with E-state index in [1.807, 2.05) is 0 Å². The van der Waals surface area contributed by atoms with Crippen molar-refractivity contribution in [3.05, 3.63) is 3.95 Å². The maximum absolute atomic E-state index is 5.08. The number of rotatable bonds is 3. The molecule has 0 aliphatic heterocycles. The number of aromatic amines is 1. The number of nitrogens with zero attached hydrogens (tertiary/aromatic N) is 2. The summed E-state index contributed by atoms with van der Waals surface area (Å²) in [6.07, 6.45) is 6.72. The topological polar surface area (TPSA) is 31.9 Å². The van der Waals surface area contributed by atoms with Gasteiger partial charge in [0.15, 0.2) is 3.95 Å². The van der Waals surface area contributed by atoms with Crippen LogP contribution < -0.4 is 4.90 Å². The molecule has 1 aliphatic carbocycles. The molecule has 84 valence electrons. The molecule has 1 aromatic heterocycles. The number of nitrogens with one attached hydrogen (secondary N) is 1. The van der Waals surface area contributed by atoms with Gasteiger partial charge in [-0.05, 0) is 32.0 Å². The minimum Gasteiger partial charge on any atom is -0.344 e. The van der Waals surface area contributed by atoms with Crippen molar-refractivity contribution in [3.8, 4) is 0 Å². The molecule has 3 nitrogen and oxygen atoms in total. The zero-order chi connectivity index (χ0) is 10.7. The molecule has 15 heavy (non-hydrogen) atoms. The van der Waals surface area contributed by atoms with E-state index in [0.717, 1.165) is 15.6 Å². The van der Waals surface area contributed by atoms with Crippen LogP contribution in [0.2, 0.25) is 0 Å². The summed E-state index contributed by atoms with van der Waals surface area (Å²) in [5, 5.41) is 8.21. The van der Waals surface area contributed by atoms with Gasteiger partial charge < -0.3 is 4.90 Å².